The maximum Gasteiger partial charge on any atom is 0.240 e. The molecule has 1 saturated heterocycles. The summed E-state index contributed by atoms with van der Waals surface area (Å²) >= 11 is 14.9. The quantitative estimate of drug-likeness (QED) is 0.552. The van der Waals surface area contributed by atoms with Crippen LogP contribution in [-0.4, -0.2) is 26.9 Å². The standard InChI is InChI=1S/C25H26Cl2N4O2S/c1-14(32)28-24-30-31(15(2)33)25(34-24)18-10-7-11-19(25)23(17-9-4-6-13-21(17)27)29-22(18)16-8-3-5-12-20(16)26/h3-6,8-9,12-13,18-19,22-23,29H,7,10-11H2,1-2H3,(H,28,30,32). The van der Waals surface area contributed by atoms with Crippen LogP contribution in [0.3, 0.4) is 0 Å². The van der Waals surface area contributed by atoms with Crippen molar-refractivity contribution in [3.63, 3.8) is 0 Å². The second-order valence-electron chi connectivity index (χ2n) is 9.08. The SMILES string of the molecule is CC(=O)NC1=NN(C(C)=O)C2(S1)C1CCCC2C(c2ccccc2Cl)NC1c1ccccc1Cl. The fourth-order valence-corrected chi connectivity index (χ4v) is 8.12. The molecular formula is C25H26Cl2N4O2S. The van der Waals surface area contributed by atoms with E-state index in [1.54, 1.807) is 5.01 Å². The molecule has 3 aliphatic rings. The maximum absolute atomic E-state index is 13.0. The van der Waals surface area contributed by atoms with Crippen LogP contribution in [0, 0.1) is 11.8 Å². The molecule has 5 rings (SSSR count). The Kier molecular flexibility index (Phi) is 6.40. The highest BCUT2D eigenvalue weighted by Gasteiger charge is 2.64. The molecule has 0 aromatic heterocycles. The van der Waals surface area contributed by atoms with Gasteiger partial charge in [0.15, 0.2) is 5.17 Å². The number of nitrogens with one attached hydrogen (secondary N) is 2. The van der Waals surface area contributed by atoms with E-state index in [4.69, 9.17) is 23.2 Å². The Labute approximate surface area is 213 Å². The number of hydrogen-bond donors (Lipinski definition) is 2. The van der Waals surface area contributed by atoms with Crippen molar-refractivity contribution in [3.05, 3.63) is 69.7 Å². The Morgan fingerprint density at radius 2 is 1.53 bits per heavy atom. The van der Waals surface area contributed by atoms with Gasteiger partial charge in [-0.25, -0.2) is 5.01 Å². The lowest BCUT2D eigenvalue weighted by atomic mass is 9.64. The highest BCUT2D eigenvalue weighted by atomic mass is 35.5. The van der Waals surface area contributed by atoms with Gasteiger partial charge in [-0.05, 0) is 36.1 Å². The van der Waals surface area contributed by atoms with Crippen LogP contribution in [0.2, 0.25) is 10.0 Å². The highest BCUT2D eigenvalue weighted by Crippen LogP contribution is 2.63. The number of thioether (sulfide) groups is 1. The number of rotatable bonds is 2. The third kappa shape index (κ3) is 3.83. The summed E-state index contributed by atoms with van der Waals surface area (Å²) in [6, 6.07) is 15.4. The highest BCUT2D eigenvalue weighted by molar-refractivity contribution is 8.15. The number of hydrogen-bond acceptors (Lipinski definition) is 5. The van der Waals surface area contributed by atoms with E-state index in [-0.39, 0.29) is 35.7 Å². The molecule has 178 valence electrons. The molecule has 4 atom stereocenters. The summed E-state index contributed by atoms with van der Waals surface area (Å²) in [4.78, 5) is 24.2. The zero-order chi connectivity index (χ0) is 24.0. The first-order chi connectivity index (χ1) is 16.3. The van der Waals surface area contributed by atoms with E-state index in [0.29, 0.717) is 15.2 Å². The third-order valence-corrected chi connectivity index (χ3v) is 9.27. The molecule has 1 aliphatic carbocycles. The molecule has 2 fully saturated rings. The number of carbonyl (C=O) groups is 2. The summed E-state index contributed by atoms with van der Waals surface area (Å²) in [5, 5.41) is 14.8. The van der Waals surface area contributed by atoms with Gasteiger partial charge in [0.25, 0.3) is 0 Å². The van der Waals surface area contributed by atoms with Crippen molar-refractivity contribution in [2.24, 2.45) is 16.9 Å². The average molecular weight is 517 g/mol. The van der Waals surface area contributed by atoms with E-state index >= 15 is 0 Å². The molecule has 2 heterocycles. The third-order valence-electron chi connectivity index (χ3n) is 7.10. The van der Waals surface area contributed by atoms with Gasteiger partial charge in [-0.3, -0.25) is 9.59 Å². The molecule has 1 saturated carbocycles. The smallest absolute Gasteiger partial charge is 0.240 e. The van der Waals surface area contributed by atoms with Crippen LogP contribution in [0.25, 0.3) is 0 Å². The topological polar surface area (TPSA) is 73.8 Å². The lowest BCUT2D eigenvalue weighted by Gasteiger charge is -2.59. The molecular weight excluding hydrogens is 491 g/mol. The van der Waals surface area contributed by atoms with Crippen molar-refractivity contribution in [1.82, 2.24) is 15.6 Å². The van der Waals surface area contributed by atoms with Crippen molar-refractivity contribution in [2.45, 2.75) is 50.1 Å². The number of amidine groups is 1. The monoisotopic (exact) mass is 516 g/mol. The minimum absolute atomic E-state index is 0.0220. The summed E-state index contributed by atoms with van der Waals surface area (Å²) in [7, 11) is 0. The van der Waals surface area contributed by atoms with Crippen LogP contribution in [0.15, 0.2) is 53.6 Å². The molecule has 4 unspecified atom stereocenters. The molecule has 2 bridgehead atoms. The Morgan fingerprint density at radius 1 is 1.00 bits per heavy atom. The van der Waals surface area contributed by atoms with E-state index < -0.39 is 4.87 Å². The molecule has 2 aromatic carbocycles. The fourth-order valence-electron chi connectivity index (χ4n) is 5.92. The summed E-state index contributed by atoms with van der Waals surface area (Å²) in [5.74, 6) is -0.318. The minimum atomic E-state index is -0.680. The van der Waals surface area contributed by atoms with Gasteiger partial charge in [-0.15, -0.1) is 5.10 Å². The number of carbonyl (C=O) groups excluding carboxylic acids is 2. The van der Waals surface area contributed by atoms with Crippen LogP contribution in [0.4, 0.5) is 0 Å². The van der Waals surface area contributed by atoms with Crippen molar-refractivity contribution in [2.75, 3.05) is 0 Å². The predicted molar refractivity (Wildman–Crippen MR) is 136 cm³/mol. The summed E-state index contributed by atoms with van der Waals surface area (Å²) in [6.45, 7) is 2.99. The number of nitrogens with zero attached hydrogens (tertiary/aromatic N) is 2. The zero-order valence-electron chi connectivity index (χ0n) is 18.9. The number of halogens is 2. The number of amides is 2. The lowest BCUT2D eigenvalue weighted by molar-refractivity contribution is -0.140. The average Bonchev–Trinajstić information content (AvgIpc) is 3.13. The van der Waals surface area contributed by atoms with Crippen molar-refractivity contribution < 1.29 is 9.59 Å². The maximum atomic E-state index is 13.0. The predicted octanol–water partition coefficient (Wildman–Crippen LogP) is 5.49. The molecule has 2 amide bonds. The van der Waals surface area contributed by atoms with Crippen molar-refractivity contribution >= 4 is 51.9 Å². The minimum Gasteiger partial charge on any atom is -0.304 e. The van der Waals surface area contributed by atoms with Gasteiger partial charge in [0.05, 0.1) is 0 Å². The number of hydrazone groups is 1. The Balaban J connectivity index is 1.70. The van der Waals surface area contributed by atoms with Crippen LogP contribution in [-0.2, 0) is 9.59 Å². The summed E-state index contributed by atoms with van der Waals surface area (Å²) in [5.41, 5.74) is 1.98. The van der Waals surface area contributed by atoms with Gasteiger partial charge >= 0.3 is 0 Å². The van der Waals surface area contributed by atoms with Crippen LogP contribution in [0.1, 0.15) is 56.3 Å². The fraction of sp³-hybridized carbons (Fsp3) is 0.400. The molecule has 6 nitrogen and oxygen atoms in total. The molecule has 1 spiro atoms. The van der Waals surface area contributed by atoms with Gasteiger partial charge in [0.2, 0.25) is 11.8 Å². The van der Waals surface area contributed by atoms with Gasteiger partial charge in [-0.1, -0.05) is 77.8 Å². The van der Waals surface area contributed by atoms with E-state index in [1.165, 1.54) is 25.6 Å². The second-order valence-corrected chi connectivity index (χ2v) is 11.1. The molecule has 9 heteroatoms. The normalized spacial score (nSPS) is 30.2. The first kappa shape index (κ1) is 23.7. The first-order valence-electron chi connectivity index (χ1n) is 11.4. The zero-order valence-corrected chi connectivity index (χ0v) is 21.3. The Bertz CT molecular complexity index is 1110. The number of benzene rings is 2. The van der Waals surface area contributed by atoms with Crippen molar-refractivity contribution in [1.29, 1.82) is 0 Å². The largest absolute Gasteiger partial charge is 0.304 e. The Morgan fingerprint density at radius 3 is 2.00 bits per heavy atom. The van der Waals surface area contributed by atoms with Crippen LogP contribution in [0.5, 0.6) is 0 Å². The summed E-state index contributed by atoms with van der Waals surface area (Å²) < 4.78 is 0. The van der Waals surface area contributed by atoms with E-state index in [9.17, 15) is 9.59 Å². The Hall–Kier alpha value is -2.06. The number of piperidine rings is 1. The van der Waals surface area contributed by atoms with E-state index in [1.807, 2.05) is 48.5 Å². The van der Waals surface area contributed by atoms with E-state index in [2.05, 4.69) is 15.7 Å². The second kappa shape index (κ2) is 9.19. The van der Waals surface area contributed by atoms with Crippen LogP contribution < -0.4 is 10.6 Å². The van der Waals surface area contributed by atoms with E-state index in [0.717, 1.165) is 30.4 Å². The van der Waals surface area contributed by atoms with Gasteiger partial charge in [-0.2, -0.15) is 0 Å². The summed E-state index contributed by atoms with van der Waals surface area (Å²) in [6.07, 6.45) is 2.81. The molecule has 2 aliphatic heterocycles. The molecule has 34 heavy (non-hydrogen) atoms. The molecule has 2 N–H and O–H groups in total. The van der Waals surface area contributed by atoms with Crippen molar-refractivity contribution in [3.8, 4) is 0 Å². The first-order valence-corrected chi connectivity index (χ1v) is 13.0. The lowest BCUT2D eigenvalue weighted by Crippen LogP contribution is -2.65. The molecule has 2 aromatic rings. The van der Waals surface area contributed by atoms with Crippen LogP contribution >= 0.6 is 35.0 Å². The molecule has 0 radical (unpaired) electrons. The van der Waals surface area contributed by atoms with Gasteiger partial charge in [0.1, 0.15) is 4.87 Å². The van der Waals surface area contributed by atoms with Gasteiger partial charge < -0.3 is 10.6 Å². The van der Waals surface area contributed by atoms with Gasteiger partial charge in [0, 0.05) is 47.8 Å².